The highest BCUT2D eigenvalue weighted by molar-refractivity contribution is 6.35. The Morgan fingerprint density at radius 3 is 2.55 bits per heavy atom. The van der Waals surface area contributed by atoms with Crippen LogP contribution in [0.1, 0.15) is 16.7 Å². The van der Waals surface area contributed by atoms with Crippen LogP contribution < -0.4 is 10.1 Å². The van der Waals surface area contributed by atoms with Crippen molar-refractivity contribution in [3.63, 3.8) is 0 Å². The van der Waals surface area contributed by atoms with E-state index < -0.39 is 0 Å². The maximum absolute atomic E-state index is 8.90. The van der Waals surface area contributed by atoms with Crippen molar-refractivity contribution in [1.82, 2.24) is 5.32 Å². The van der Waals surface area contributed by atoms with E-state index in [1.165, 1.54) is 0 Å². The fraction of sp³-hybridized carbons (Fsp3) is 0.235. The minimum Gasteiger partial charge on any atom is -0.496 e. The summed E-state index contributed by atoms with van der Waals surface area (Å²) < 4.78 is 5.32. The number of methoxy groups -OCH3 is 1. The van der Waals surface area contributed by atoms with Crippen LogP contribution >= 0.6 is 23.2 Å². The Balaban J connectivity index is 1.93. The number of halogens is 2. The molecule has 0 radical (unpaired) electrons. The summed E-state index contributed by atoms with van der Waals surface area (Å²) in [6.45, 7) is 1.36. The zero-order valence-corrected chi connectivity index (χ0v) is 13.7. The van der Waals surface area contributed by atoms with Crippen molar-refractivity contribution < 1.29 is 4.74 Å². The lowest BCUT2D eigenvalue weighted by Crippen LogP contribution is -2.17. The number of ether oxygens (including phenoxy) is 1. The maximum Gasteiger partial charge on any atom is 0.123 e. The standard InChI is InChI=1S/C17H16Cl2N2O/c1-22-17-9-12(10-20)5-6-13(17)7-8-21-11-14-15(18)3-2-4-16(14)19/h2-6,9,21H,7-8,11H2,1H3. The first-order valence-corrected chi connectivity index (χ1v) is 7.62. The van der Waals surface area contributed by atoms with Gasteiger partial charge in [0.2, 0.25) is 0 Å². The van der Waals surface area contributed by atoms with E-state index in [4.69, 9.17) is 33.2 Å². The number of nitrogens with one attached hydrogen (secondary N) is 1. The fourth-order valence-corrected chi connectivity index (χ4v) is 2.69. The summed E-state index contributed by atoms with van der Waals surface area (Å²) in [6, 6.07) is 13.1. The third-order valence-electron chi connectivity index (χ3n) is 3.35. The van der Waals surface area contributed by atoms with E-state index in [1.807, 2.05) is 24.3 Å². The molecule has 0 bridgehead atoms. The van der Waals surface area contributed by atoms with Gasteiger partial charge in [-0.1, -0.05) is 35.3 Å². The molecule has 0 saturated heterocycles. The van der Waals surface area contributed by atoms with E-state index >= 15 is 0 Å². The highest BCUT2D eigenvalue weighted by atomic mass is 35.5. The van der Waals surface area contributed by atoms with Crippen molar-refractivity contribution in [2.24, 2.45) is 0 Å². The molecule has 1 N–H and O–H groups in total. The number of nitriles is 1. The van der Waals surface area contributed by atoms with E-state index in [-0.39, 0.29) is 0 Å². The normalized spacial score (nSPS) is 10.3. The largest absolute Gasteiger partial charge is 0.496 e. The van der Waals surface area contributed by atoms with Crippen molar-refractivity contribution in [2.45, 2.75) is 13.0 Å². The summed E-state index contributed by atoms with van der Waals surface area (Å²) in [7, 11) is 1.61. The average Bonchev–Trinajstić information content (AvgIpc) is 2.53. The number of rotatable bonds is 6. The molecule has 0 aliphatic heterocycles. The molecule has 0 heterocycles. The number of hydrogen-bond acceptors (Lipinski definition) is 3. The van der Waals surface area contributed by atoms with Crippen LogP contribution in [0.2, 0.25) is 10.0 Å². The zero-order chi connectivity index (χ0) is 15.9. The molecule has 0 aliphatic carbocycles. The van der Waals surface area contributed by atoms with Gasteiger partial charge in [-0.3, -0.25) is 0 Å². The predicted molar refractivity (Wildman–Crippen MR) is 89.6 cm³/mol. The molecule has 2 rings (SSSR count). The number of benzene rings is 2. The SMILES string of the molecule is COc1cc(C#N)ccc1CCNCc1c(Cl)cccc1Cl. The van der Waals surface area contributed by atoms with Gasteiger partial charge in [0, 0.05) is 22.2 Å². The molecular weight excluding hydrogens is 319 g/mol. The Morgan fingerprint density at radius 2 is 1.91 bits per heavy atom. The smallest absolute Gasteiger partial charge is 0.123 e. The van der Waals surface area contributed by atoms with Crippen LogP contribution in [0.5, 0.6) is 5.75 Å². The van der Waals surface area contributed by atoms with Crippen LogP contribution in [0.25, 0.3) is 0 Å². The molecule has 0 spiro atoms. The van der Waals surface area contributed by atoms with Gasteiger partial charge in [0.15, 0.2) is 0 Å². The molecular formula is C17H16Cl2N2O. The van der Waals surface area contributed by atoms with Gasteiger partial charge < -0.3 is 10.1 Å². The van der Waals surface area contributed by atoms with Gasteiger partial charge in [-0.25, -0.2) is 0 Å². The number of hydrogen-bond donors (Lipinski definition) is 1. The molecule has 114 valence electrons. The first kappa shape index (κ1) is 16.6. The van der Waals surface area contributed by atoms with Gasteiger partial charge >= 0.3 is 0 Å². The summed E-state index contributed by atoms with van der Waals surface area (Å²) in [5, 5.41) is 13.5. The third kappa shape index (κ3) is 4.14. The molecule has 3 nitrogen and oxygen atoms in total. The molecule has 0 aliphatic rings. The van der Waals surface area contributed by atoms with Gasteiger partial charge in [-0.2, -0.15) is 5.26 Å². The highest BCUT2D eigenvalue weighted by Crippen LogP contribution is 2.24. The van der Waals surface area contributed by atoms with Crippen LogP contribution in [-0.4, -0.2) is 13.7 Å². The Hall–Kier alpha value is -1.73. The second kappa shape index (κ2) is 8.05. The number of nitrogens with zero attached hydrogens (tertiary/aromatic N) is 1. The summed E-state index contributed by atoms with van der Waals surface area (Å²) >= 11 is 12.3. The molecule has 0 saturated carbocycles. The fourth-order valence-electron chi connectivity index (χ4n) is 2.16. The third-order valence-corrected chi connectivity index (χ3v) is 4.06. The first-order valence-electron chi connectivity index (χ1n) is 6.86. The van der Waals surface area contributed by atoms with Crippen LogP contribution in [0.4, 0.5) is 0 Å². The quantitative estimate of drug-likeness (QED) is 0.805. The van der Waals surface area contributed by atoms with Crippen LogP contribution in [0.15, 0.2) is 36.4 Å². The predicted octanol–water partition coefficient (Wildman–Crippen LogP) is 4.21. The Labute approximate surface area is 140 Å². The minimum atomic E-state index is 0.594. The van der Waals surface area contributed by atoms with Crippen LogP contribution in [-0.2, 0) is 13.0 Å². The minimum absolute atomic E-state index is 0.594. The van der Waals surface area contributed by atoms with Crippen LogP contribution in [0.3, 0.4) is 0 Å². The van der Waals surface area contributed by atoms with Crippen molar-refractivity contribution in [1.29, 1.82) is 5.26 Å². The second-order valence-electron chi connectivity index (χ2n) is 4.77. The topological polar surface area (TPSA) is 45.0 Å². The summed E-state index contributed by atoms with van der Waals surface area (Å²) in [5.74, 6) is 0.733. The summed E-state index contributed by atoms with van der Waals surface area (Å²) in [4.78, 5) is 0. The van der Waals surface area contributed by atoms with Gasteiger partial charge in [0.05, 0.1) is 18.7 Å². The van der Waals surface area contributed by atoms with E-state index in [0.717, 1.165) is 29.8 Å². The maximum atomic E-state index is 8.90. The molecule has 2 aromatic carbocycles. The summed E-state index contributed by atoms with van der Waals surface area (Å²) in [6.07, 6.45) is 0.789. The average molecular weight is 335 g/mol. The Morgan fingerprint density at radius 1 is 1.18 bits per heavy atom. The molecule has 2 aromatic rings. The molecule has 0 unspecified atom stereocenters. The van der Waals surface area contributed by atoms with Crippen molar-refractivity contribution in [3.05, 3.63) is 63.1 Å². The van der Waals surface area contributed by atoms with Crippen LogP contribution in [0, 0.1) is 11.3 Å². The molecule has 22 heavy (non-hydrogen) atoms. The van der Waals surface area contributed by atoms with Gasteiger partial charge in [-0.15, -0.1) is 0 Å². The molecule has 0 atom stereocenters. The first-order chi connectivity index (χ1) is 10.7. The highest BCUT2D eigenvalue weighted by Gasteiger charge is 2.06. The lowest BCUT2D eigenvalue weighted by atomic mass is 10.1. The van der Waals surface area contributed by atoms with E-state index in [1.54, 1.807) is 19.2 Å². The zero-order valence-electron chi connectivity index (χ0n) is 12.2. The van der Waals surface area contributed by atoms with E-state index in [0.29, 0.717) is 22.2 Å². The van der Waals surface area contributed by atoms with Crippen molar-refractivity contribution in [3.8, 4) is 11.8 Å². The molecule has 0 amide bonds. The lowest BCUT2D eigenvalue weighted by Gasteiger charge is -2.11. The monoisotopic (exact) mass is 334 g/mol. The van der Waals surface area contributed by atoms with Crippen molar-refractivity contribution in [2.75, 3.05) is 13.7 Å². The molecule has 5 heteroatoms. The van der Waals surface area contributed by atoms with Gasteiger partial charge in [0.25, 0.3) is 0 Å². The Bertz CT molecular complexity index is 675. The van der Waals surface area contributed by atoms with Crippen molar-refractivity contribution >= 4 is 23.2 Å². The second-order valence-corrected chi connectivity index (χ2v) is 5.58. The van der Waals surface area contributed by atoms with E-state index in [9.17, 15) is 0 Å². The van der Waals surface area contributed by atoms with E-state index in [2.05, 4.69) is 11.4 Å². The van der Waals surface area contributed by atoms with Gasteiger partial charge in [-0.05, 0) is 42.8 Å². The molecule has 0 aromatic heterocycles. The summed E-state index contributed by atoms with van der Waals surface area (Å²) in [5.41, 5.74) is 2.55. The lowest BCUT2D eigenvalue weighted by molar-refractivity contribution is 0.409. The Kier molecular flexibility index (Phi) is 6.09. The van der Waals surface area contributed by atoms with Gasteiger partial charge in [0.1, 0.15) is 5.75 Å². The molecule has 0 fully saturated rings.